The highest BCUT2D eigenvalue weighted by Gasteiger charge is 2.38. The Morgan fingerprint density at radius 3 is 2.31 bits per heavy atom. The molecule has 0 radical (unpaired) electrons. The van der Waals surface area contributed by atoms with Gasteiger partial charge in [-0.25, -0.2) is 0 Å². The van der Waals surface area contributed by atoms with Gasteiger partial charge in [-0.3, -0.25) is 0 Å². The second-order valence-corrected chi connectivity index (χ2v) is 6.50. The van der Waals surface area contributed by atoms with E-state index in [2.05, 4.69) is 0 Å². The van der Waals surface area contributed by atoms with Crippen molar-refractivity contribution in [3.63, 3.8) is 0 Å². The van der Waals surface area contributed by atoms with E-state index in [1.54, 1.807) is 30.3 Å². The van der Waals surface area contributed by atoms with Crippen LogP contribution < -0.4 is 9.47 Å². The maximum Gasteiger partial charge on any atom is 0.160 e. The van der Waals surface area contributed by atoms with Crippen molar-refractivity contribution in [2.45, 2.75) is 12.5 Å². The minimum Gasteiger partial charge on any atom is -0.504 e. The van der Waals surface area contributed by atoms with Crippen LogP contribution in [0.3, 0.4) is 0 Å². The third-order valence-corrected chi connectivity index (χ3v) is 4.97. The predicted octanol–water partition coefficient (Wildman–Crippen LogP) is 2.65. The van der Waals surface area contributed by atoms with Gasteiger partial charge in [0, 0.05) is 12.5 Å². The van der Waals surface area contributed by atoms with Crippen LogP contribution in [-0.4, -0.2) is 42.8 Å². The lowest BCUT2D eigenvalue weighted by molar-refractivity contribution is 0.0717. The highest BCUT2D eigenvalue weighted by Crippen LogP contribution is 2.42. The largest absolute Gasteiger partial charge is 0.504 e. The van der Waals surface area contributed by atoms with Gasteiger partial charge in [0.1, 0.15) is 0 Å². The predicted molar refractivity (Wildman–Crippen MR) is 95.8 cm³/mol. The highest BCUT2D eigenvalue weighted by molar-refractivity contribution is 5.43. The number of phenols is 2. The summed E-state index contributed by atoms with van der Waals surface area (Å²) in [7, 11) is 3.02. The first-order chi connectivity index (χ1) is 12.6. The molecule has 140 valence electrons. The molecule has 1 aliphatic heterocycles. The molecule has 26 heavy (non-hydrogen) atoms. The molecule has 0 amide bonds. The molecule has 2 aromatic carbocycles. The van der Waals surface area contributed by atoms with Gasteiger partial charge in [-0.05, 0) is 47.7 Å². The quantitative estimate of drug-likeness (QED) is 0.734. The lowest BCUT2D eigenvalue weighted by Gasteiger charge is -2.22. The third kappa shape index (κ3) is 3.57. The molecule has 1 heterocycles. The summed E-state index contributed by atoms with van der Waals surface area (Å²) in [5, 5.41) is 29.5. The molecular weight excluding hydrogens is 336 g/mol. The van der Waals surface area contributed by atoms with Crippen LogP contribution in [0.5, 0.6) is 23.0 Å². The smallest absolute Gasteiger partial charge is 0.160 e. The van der Waals surface area contributed by atoms with Gasteiger partial charge in [0.25, 0.3) is 0 Å². The van der Waals surface area contributed by atoms with Crippen molar-refractivity contribution in [2.24, 2.45) is 11.8 Å². The fourth-order valence-electron chi connectivity index (χ4n) is 3.54. The van der Waals surface area contributed by atoms with E-state index in [0.29, 0.717) is 24.5 Å². The van der Waals surface area contributed by atoms with Crippen molar-refractivity contribution in [3.8, 4) is 23.0 Å². The SMILES string of the molecule is COc1cc(C[C@@H]2CO[C@@H](c3ccc(O)c(OC)c3)[C@@H]2CO)ccc1O. The van der Waals surface area contributed by atoms with Crippen molar-refractivity contribution < 1.29 is 29.5 Å². The van der Waals surface area contributed by atoms with Crippen LogP contribution in [-0.2, 0) is 11.2 Å². The van der Waals surface area contributed by atoms with Crippen molar-refractivity contribution in [1.29, 1.82) is 0 Å². The van der Waals surface area contributed by atoms with E-state index in [0.717, 1.165) is 11.1 Å². The van der Waals surface area contributed by atoms with Gasteiger partial charge in [0.15, 0.2) is 23.0 Å². The van der Waals surface area contributed by atoms with Gasteiger partial charge in [0.05, 0.1) is 26.9 Å². The number of hydrogen-bond donors (Lipinski definition) is 3. The van der Waals surface area contributed by atoms with E-state index in [1.807, 2.05) is 6.07 Å². The Morgan fingerprint density at radius 2 is 1.65 bits per heavy atom. The zero-order chi connectivity index (χ0) is 18.7. The molecule has 0 spiro atoms. The number of hydrogen-bond acceptors (Lipinski definition) is 6. The summed E-state index contributed by atoms with van der Waals surface area (Å²) in [5.74, 6) is 1.04. The van der Waals surface area contributed by atoms with Crippen LogP contribution in [0.15, 0.2) is 36.4 Å². The second-order valence-electron chi connectivity index (χ2n) is 6.50. The Hall–Kier alpha value is -2.44. The second kappa shape index (κ2) is 7.85. The molecule has 1 fully saturated rings. The summed E-state index contributed by atoms with van der Waals surface area (Å²) in [6, 6.07) is 10.4. The molecule has 0 aromatic heterocycles. The molecule has 2 aromatic rings. The van der Waals surface area contributed by atoms with E-state index in [9.17, 15) is 15.3 Å². The highest BCUT2D eigenvalue weighted by atomic mass is 16.5. The number of aromatic hydroxyl groups is 2. The molecule has 0 bridgehead atoms. The molecule has 6 heteroatoms. The van der Waals surface area contributed by atoms with Gasteiger partial charge in [-0.1, -0.05) is 12.1 Å². The molecule has 0 aliphatic carbocycles. The molecule has 3 rings (SSSR count). The fraction of sp³-hybridized carbons (Fsp3) is 0.400. The summed E-state index contributed by atoms with van der Waals surface area (Å²) >= 11 is 0. The van der Waals surface area contributed by atoms with E-state index >= 15 is 0 Å². The number of aliphatic hydroxyl groups excluding tert-OH is 1. The Kier molecular flexibility index (Phi) is 5.54. The van der Waals surface area contributed by atoms with Crippen LogP contribution in [0, 0.1) is 11.8 Å². The zero-order valence-electron chi connectivity index (χ0n) is 14.9. The molecule has 1 saturated heterocycles. The number of rotatable bonds is 6. The van der Waals surface area contributed by atoms with Crippen LogP contribution in [0.4, 0.5) is 0 Å². The van der Waals surface area contributed by atoms with Crippen LogP contribution in [0.2, 0.25) is 0 Å². The summed E-state index contributed by atoms with van der Waals surface area (Å²) in [6.07, 6.45) is 0.437. The molecule has 1 aliphatic rings. The first kappa shape index (κ1) is 18.4. The fourth-order valence-corrected chi connectivity index (χ4v) is 3.54. The first-order valence-corrected chi connectivity index (χ1v) is 8.52. The van der Waals surface area contributed by atoms with Crippen LogP contribution >= 0.6 is 0 Å². The van der Waals surface area contributed by atoms with Gasteiger partial charge in [0.2, 0.25) is 0 Å². The van der Waals surface area contributed by atoms with Gasteiger partial charge >= 0.3 is 0 Å². The van der Waals surface area contributed by atoms with E-state index < -0.39 is 0 Å². The van der Waals surface area contributed by atoms with E-state index in [1.165, 1.54) is 14.2 Å². The van der Waals surface area contributed by atoms with Gasteiger partial charge in [-0.2, -0.15) is 0 Å². The standard InChI is InChI=1S/C20H24O6/c1-24-18-8-12(3-5-16(18)22)7-14-11-26-20(15(14)10-21)13-4-6-17(23)19(9-13)25-2/h3-6,8-9,14-15,20-23H,7,10-11H2,1-2H3/t14-,15-,20+/m1/s1. The van der Waals surface area contributed by atoms with Crippen molar-refractivity contribution in [2.75, 3.05) is 27.4 Å². The summed E-state index contributed by atoms with van der Waals surface area (Å²) < 4.78 is 16.3. The first-order valence-electron chi connectivity index (χ1n) is 8.52. The van der Waals surface area contributed by atoms with Crippen molar-refractivity contribution >= 4 is 0 Å². The molecule has 3 atom stereocenters. The monoisotopic (exact) mass is 360 g/mol. The topological polar surface area (TPSA) is 88.4 Å². The van der Waals surface area contributed by atoms with Crippen LogP contribution in [0.25, 0.3) is 0 Å². The van der Waals surface area contributed by atoms with Crippen LogP contribution in [0.1, 0.15) is 17.2 Å². The van der Waals surface area contributed by atoms with E-state index in [4.69, 9.17) is 14.2 Å². The number of ether oxygens (including phenoxy) is 3. The average molecular weight is 360 g/mol. The summed E-state index contributed by atoms with van der Waals surface area (Å²) in [5.41, 5.74) is 1.88. The minimum absolute atomic E-state index is 0.00621. The van der Waals surface area contributed by atoms with Crippen molar-refractivity contribution in [3.05, 3.63) is 47.5 Å². The number of phenolic OH excluding ortho intramolecular Hbond substituents is 2. The number of benzene rings is 2. The Labute approximate surface area is 152 Å². The van der Waals surface area contributed by atoms with E-state index in [-0.39, 0.29) is 36.0 Å². The van der Waals surface area contributed by atoms with Crippen molar-refractivity contribution in [1.82, 2.24) is 0 Å². The number of methoxy groups -OCH3 is 2. The Morgan fingerprint density at radius 1 is 1.00 bits per heavy atom. The molecule has 3 N–H and O–H groups in total. The summed E-state index contributed by atoms with van der Waals surface area (Å²) in [4.78, 5) is 0. The minimum atomic E-state index is -0.265. The average Bonchev–Trinajstić information content (AvgIpc) is 3.06. The lowest BCUT2D eigenvalue weighted by Crippen LogP contribution is -2.21. The maximum absolute atomic E-state index is 9.95. The maximum atomic E-state index is 9.95. The molecular formula is C20H24O6. The molecule has 0 saturated carbocycles. The van der Waals surface area contributed by atoms with Gasteiger partial charge in [-0.15, -0.1) is 0 Å². The molecule has 6 nitrogen and oxygen atoms in total. The normalized spacial score (nSPS) is 22.3. The summed E-state index contributed by atoms with van der Waals surface area (Å²) in [6.45, 7) is 0.510. The Balaban J connectivity index is 1.79. The zero-order valence-corrected chi connectivity index (χ0v) is 14.9. The third-order valence-electron chi connectivity index (χ3n) is 4.97. The number of aliphatic hydroxyl groups is 1. The molecule has 0 unspecified atom stereocenters. The lowest BCUT2D eigenvalue weighted by atomic mass is 9.84. The van der Waals surface area contributed by atoms with Gasteiger partial charge < -0.3 is 29.5 Å². The Bertz CT molecular complexity index is 760.